The van der Waals surface area contributed by atoms with Crippen molar-refractivity contribution in [1.82, 2.24) is 0 Å². The zero-order valence-corrected chi connectivity index (χ0v) is 8.01. The number of hydrogen-bond donors (Lipinski definition) is 0. The SMILES string of the molecule is CC(C=O)c1cccc(CCl)c1F. The van der Waals surface area contributed by atoms with Crippen molar-refractivity contribution < 1.29 is 9.18 Å². The number of aldehydes is 1. The van der Waals surface area contributed by atoms with Crippen molar-refractivity contribution in [2.45, 2.75) is 18.7 Å². The molecular weight excluding hydrogens is 191 g/mol. The second-order valence-electron chi connectivity index (χ2n) is 2.88. The number of alkyl halides is 1. The van der Waals surface area contributed by atoms with Gasteiger partial charge in [0.05, 0.1) is 5.88 Å². The summed E-state index contributed by atoms with van der Waals surface area (Å²) in [6.07, 6.45) is 0.719. The average molecular weight is 201 g/mol. The minimum Gasteiger partial charge on any atom is -0.303 e. The first-order chi connectivity index (χ1) is 6.20. The third-order valence-corrected chi connectivity index (χ3v) is 2.24. The van der Waals surface area contributed by atoms with Gasteiger partial charge in [0, 0.05) is 11.5 Å². The molecule has 13 heavy (non-hydrogen) atoms. The Bertz CT molecular complexity index is 312. The maximum Gasteiger partial charge on any atom is 0.131 e. The van der Waals surface area contributed by atoms with Crippen molar-refractivity contribution in [3.63, 3.8) is 0 Å². The van der Waals surface area contributed by atoms with Gasteiger partial charge in [0.1, 0.15) is 12.1 Å². The van der Waals surface area contributed by atoms with Gasteiger partial charge in [-0.25, -0.2) is 4.39 Å². The maximum absolute atomic E-state index is 13.5. The predicted molar refractivity (Wildman–Crippen MR) is 50.4 cm³/mol. The topological polar surface area (TPSA) is 17.1 Å². The summed E-state index contributed by atoms with van der Waals surface area (Å²) in [7, 11) is 0. The van der Waals surface area contributed by atoms with Crippen molar-refractivity contribution in [1.29, 1.82) is 0 Å². The second-order valence-corrected chi connectivity index (χ2v) is 3.15. The van der Waals surface area contributed by atoms with Crippen LogP contribution in [-0.2, 0) is 10.7 Å². The van der Waals surface area contributed by atoms with E-state index in [9.17, 15) is 9.18 Å². The van der Waals surface area contributed by atoms with Gasteiger partial charge in [-0.05, 0) is 5.56 Å². The van der Waals surface area contributed by atoms with E-state index in [1.807, 2.05) is 0 Å². The summed E-state index contributed by atoms with van der Waals surface area (Å²) in [5, 5.41) is 0. The first-order valence-electron chi connectivity index (χ1n) is 3.99. The number of carbonyl (C=O) groups excluding carboxylic acids is 1. The summed E-state index contributed by atoms with van der Waals surface area (Å²) in [6, 6.07) is 4.92. The van der Waals surface area contributed by atoms with E-state index < -0.39 is 5.92 Å². The van der Waals surface area contributed by atoms with Crippen LogP contribution in [0.1, 0.15) is 24.0 Å². The van der Waals surface area contributed by atoms with Crippen LogP contribution in [0, 0.1) is 5.82 Å². The molecule has 0 spiro atoms. The van der Waals surface area contributed by atoms with Gasteiger partial charge in [-0.15, -0.1) is 11.6 Å². The molecule has 0 saturated carbocycles. The standard InChI is InChI=1S/C10H10ClFO/c1-7(6-13)9-4-2-3-8(5-11)10(9)12/h2-4,6-7H,5H2,1H3. The number of hydrogen-bond acceptors (Lipinski definition) is 1. The molecule has 0 amide bonds. The molecule has 0 radical (unpaired) electrons. The van der Waals surface area contributed by atoms with Crippen molar-refractivity contribution in [3.8, 4) is 0 Å². The molecule has 0 fully saturated rings. The van der Waals surface area contributed by atoms with Crippen LogP contribution in [0.25, 0.3) is 0 Å². The largest absolute Gasteiger partial charge is 0.303 e. The van der Waals surface area contributed by atoms with E-state index in [1.54, 1.807) is 25.1 Å². The van der Waals surface area contributed by atoms with Crippen LogP contribution in [0.4, 0.5) is 4.39 Å². The van der Waals surface area contributed by atoms with Crippen molar-refractivity contribution in [3.05, 3.63) is 35.1 Å². The molecule has 70 valence electrons. The van der Waals surface area contributed by atoms with Gasteiger partial charge in [0.15, 0.2) is 0 Å². The van der Waals surface area contributed by atoms with E-state index in [-0.39, 0.29) is 11.7 Å². The van der Waals surface area contributed by atoms with Crippen LogP contribution in [0.15, 0.2) is 18.2 Å². The molecule has 0 aliphatic carbocycles. The highest BCUT2D eigenvalue weighted by Gasteiger charge is 2.12. The summed E-state index contributed by atoms with van der Waals surface area (Å²) in [6.45, 7) is 1.66. The van der Waals surface area contributed by atoms with Gasteiger partial charge in [-0.3, -0.25) is 0 Å². The van der Waals surface area contributed by atoms with Gasteiger partial charge in [0.25, 0.3) is 0 Å². The van der Waals surface area contributed by atoms with Crippen LogP contribution in [0.3, 0.4) is 0 Å². The average Bonchev–Trinajstić information content (AvgIpc) is 2.17. The van der Waals surface area contributed by atoms with E-state index >= 15 is 0 Å². The zero-order chi connectivity index (χ0) is 9.84. The predicted octanol–water partition coefficient (Wildman–Crippen LogP) is 2.87. The first kappa shape index (κ1) is 10.2. The van der Waals surface area contributed by atoms with Crippen molar-refractivity contribution in [2.24, 2.45) is 0 Å². The molecule has 1 aromatic rings. The quantitative estimate of drug-likeness (QED) is 0.542. The van der Waals surface area contributed by atoms with Crippen LogP contribution in [0.5, 0.6) is 0 Å². The molecule has 0 saturated heterocycles. The van der Waals surface area contributed by atoms with Gasteiger partial charge in [0.2, 0.25) is 0 Å². The van der Waals surface area contributed by atoms with E-state index in [1.165, 1.54) is 0 Å². The third-order valence-electron chi connectivity index (χ3n) is 1.95. The number of halogens is 2. The van der Waals surface area contributed by atoms with Crippen LogP contribution in [0.2, 0.25) is 0 Å². The van der Waals surface area contributed by atoms with E-state index in [2.05, 4.69) is 0 Å². The molecule has 1 aromatic carbocycles. The summed E-state index contributed by atoms with van der Waals surface area (Å²) < 4.78 is 13.5. The Morgan fingerprint density at radius 2 is 2.31 bits per heavy atom. The van der Waals surface area contributed by atoms with E-state index in [0.717, 1.165) is 6.29 Å². The summed E-state index contributed by atoms with van der Waals surface area (Å²) >= 11 is 5.52. The molecule has 0 bridgehead atoms. The maximum atomic E-state index is 13.5. The molecule has 1 rings (SSSR count). The summed E-state index contributed by atoms with van der Waals surface area (Å²) in [5.74, 6) is -0.647. The monoisotopic (exact) mass is 200 g/mol. The Balaban J connectivity index is 3.14. The normalized spacial score (nSPS) is 12.5. The third kappa shape index (κ3) is 2.07. The molecule has 1 unspecified atom stereocenters. The summed E-state index contributed by atoms with van der Waals surface area (Å²) in [5.41, 5.74) is 0.848. The van der Waals surface area contributed by atoms with Crippen LogP contribution >= 0.6 is 11.6 Å². The lowest BCUT2D eigenvalue weighted by Gasteiger charge is -2.07. The molecule has 3 heteroatoms. The van der Waals surface area contributed by atoms with Crippen molar-refractivity contribution in [2.75, 3.05) is 0 Å². The fraction of sp³-hybridized carbons (Fsp3) is 0.300. The van der Waals surface area contributed by atoms with E-state index in [4.69, 9.17) is 11.6 Å². The Morgan fingerprint density at radius 3 is 2.85 bits per heavy atom. The molecule has 0 aliphatic rings. The molecule has 0 aromatic heterocycles. The highest BCUT2D eigenvalue weighted by molar-refractivity contribution is 6.17. The zero-order valence-electron chi connectivity index (χ0n) is 7.26. The fourth-order valence-corrected chi connectivity index (χ4v) is 1.33. The number of benzene rings is 1. The smallest absolute Gasteiger partial charge is 0.131 e. The number of carbonyl (C=O) groups is 1. The molecule has 0 N–H and O–H groups in total. The molecular formula is C10H10ClFO. The minimum atomic E-state index is -0.414. The first-order valence-corrected chi connectivity index (χ1v) is 4.52. The highest BCUT2D eigenvalue weighted by atomic mass is 35.5. The minimum absolute atomic E-state index is 0.130. The van der Waals surface area contributed by atoms with Crippen LogP contribution < -0.4 is 0 Å². The molecule has 0 aliphatic heterocycles. The Hall–Kier alpha value is -0.890. The lowest BCUT2D eigenvalue weighted by Crippen LogP contribution is -2.00. The highest BCUT2D eigenvalue weighted by Crippen LogP contribution is 2.21. The Labute approximate surface area is 81.5 Å². The fourth-order valence-electron chi connectivity index (χ4n) is 1.13. The summed E-state index contributed by atoms with van der Waals surface area (Å²) in [4.78, 5) is 10.5. The van der Waals surface area contributed by atoms with Gasteiger partial charge < -0.3 is 4.79 Å². The second kappa shape index (κ2) is 4.38. The lowest BCUT2D eigenvalue weighted by atomic mass is 10.00. The molecule has 0 heterocycles. The van der Waals surface area contributed by atoms with Gasteiger partial charge >= 0.3 is 0 Å². The van der Waals surface area contributed by atoms with Crippen molar-refractivity contribution >= 4 is 17.9 Å². The molecule has 1 nitrogen and oxygen atoms in total. The van der Waals surface area contributed by atoms with E-state index in [0.29, 0.717) is 11.1 Å². The van der Waals surface area contributed by atoms with Gasteiger partial charge in [-0.1, -0.05) is 25.1 Å². The Kier molecular flexibility index (Phi) is 3.43. The number of rotatable bonds is 3. The molecule has 1 atom stereocenters. The Morgan fingerprint density at radius 1 is 1.62 bits per heavy atom. The lowest BCUT2D eigenvalue weighted by molar-refractivity contribution is -0.108. The van der Waals surface area contributed by atoms with Gasteiger partial charge in [-0.2, -0.15) is 0 Å². The van der Waals surface area contributed by atoms with Crippen LogP contribution in [-0.4, -0.2) is 6.29 Å².